The summed E-state index contributed by atoms with van der Waals surface area (Å²) in [6, 6.07) is 10.7. The summed E-state index contributed by atoms with van der Waals surface area (Å²) in [6.07, 6.45) is -4.41. The van der Waals surface area contributed by atoms with E-state index < -0.39 is 65.9 Å². The highest BCUT2D eigenvalue weighted by Gasteiger charge is 2.52. The molecule has 0 radical (unpaired) electrons. The van der Waals surface area contributed by atoms with Gasteiger partial charge in [-0.2, -0.15) is 22.0 Å². The van der Waals surface area contributed by atoms with E-state index in [2.05, 4.69) is 5.32 Å². The molecule has 0 aliphatic carbocycles. The molecule has 0 bridgehead atoms. The number of Topliss-reactive ketones (excluding diaryl/α,β-unsaturated/α-hetero) is 1. The molecule has 3 rings (SSSR count). The number of anilines is 1. The number of amides is 2. The third kappa shape index (κ3) is 11.2. The Hall–Kier alpha value is -4.14. The second-order valence-corrected chi connectivity index (χ2v) is 13.1. The minimum atomic E-state index is -5.04. The van der Waals surface area contributed by atoms with Gasteiger partial charge in [0.2, 0.25) is 11.7 Å². The number of nitrogens with zero attached hydrogens (tertiary/aromatic N) is 1. The van der Waals surface area contributed by atoms with Crippen LogP contribution < -0.4 is 20.3 Å². The maximum atomic E-state index is 15.0. The number of carbonyl (C=O) groups excluding carboxylic acids is 4. The van der Waals surface area contributed by atoms with Crippen LogP contribution in [0.15, 0.2) is 60.7 Å². The smallest absolute Gasteiger partial charge is 0.405 e. The largest absolute Gasteiger partial charge is 0.506 e. The lowest BCUT2D eigenvalue weighted by atomic mass is 9.93. The maximum Gasteiger partial charge on any atom is 0.405 e. The van der Waals surface area contributed by atoms with Crippen molar-refractivity contribution in [2.45, 2.75) is 44.5 Å². The Balaban J connectivity index is 2.13. The van der Waals surface area contributed by atoms with Gasteiger partial charge in [-0.05, 0) is 65.9 Å². The zero-order valence-corrected chi connectivity index (χ0v) is 29.5. The van der Waals surface area contributed by atoms with Crippen molar-refractivity contribution < 1.29 is 51.0 Å². The van der Waals surface area contributed by atoms with Crippen LogP contribution in [0.4, 0.5) is 27.6 Å². The molecule has 0 spiro atoms. The first kappa shape index (κ1) is 41.3. The third-order valence-electron chi connectivity index (χ3n) is 7.57. The van der Waals surface area contributed by atoms with E-state index in [-0.39, 0.29) is 39.3 Å². The first-order valence-electron chi connectivity index (χ1n) is 15.1. The molecule has 2 amide bonds. The first-order chi connectivity index (χ1) is 23.8. The standard InChI is InChI=1S/C34H33Cl3F5N3O6/c1-18(2)28(30(48)34(41,42)32(50)43-17-33(38,39)40)44-31(49)29(21-4-7-25(51-3)8-5-21)45(26-9-6-22(35)14-27(26)47)15-20(16-46)10-19-11-23(36)13-24(37)12-19/h4-9,11-14,16,18,20,28-29,47H,10,15,17H2,1-3H3,(H,43,50)(H,44,49)/t20?,28-,29-/m0/s1. The molecule has 3 aromatic rings. The summed E-state index contributed by atoms with van der Waals surface area (Å²) in [5.41, 5.74) is 0.685. The number of hydrogen-bond donors (Lipinski definition) is 3. The number of alkyl halides is 5. The van der Waals surface area contributed by atoms with Gasteiger partial charge in [-0.3, -0.25) is 14.4 Å². The van der Waals surface area contributed by atoms with Gasteiger partial charge in [0.1, 0.15) is 30.4 Å². The normalized spacial score (nSPS) is 13.6. The summed E-state index contributed by atoms with van der Waals surface area (Å²) in [6.45, 7) is 0.127. The number of ether oxygens (including phenoxy) is 1. The van der Waals surface area contributed by atoms with Gasteiger partial charge in [0.25, 0.3) is 5.91 Å². The molecule has 0 heterocycles. The lowest BCUT2D eigenvalue weighted by molar-refractivity contribution is -0.165. The molecule has 3 N–H and O–H groups in total. The number of halogens is 8. The van der Waals surface area contributed by atoms with Crippen LogP contribution in [-0.4, -0.2) is 67.3 Å². The van der Waals surface area contributed by atoms with Gasteiger partial charge in [-0.15, -0.1) is 0 Å². The van der Waals surface area contributed by atoms with E-state index in [9.17, 15) is 37.5 Å². The number of hydrogen-bond acceptors (Lipinski definition) is 7. The SMILES string of the molecule is COc1ccc([C@@H](C(=O)N[C@H](C(=O)C(F)(F)C(=O)NCC(F)(F)F)C(C)C)N(CC(C=O)Cc2cc(Cl)cc(Cl)c2)c2ccc(Cl)cc2O)cc1. The predicted octanol–water partition coefficient (Wildman–Crippen LogP) is 6.99. The molecule has 0 aromatic heterocycles. The van der Waals surface area contributed by atoms with Crippen LogP contribution in [0.5, 0.6) is 11.5 Å². The molecular weight excluding hydrogens is 748 g/mol. The van der Waals surface area contributed by atoms with Gasteiger partial charge in [0.15, 0.2) is 0 Å². The zero-order chi connectivity index (χ0) is 38.3. The Kier molecular flexibility index (Phi) is 14.1. The van der Waals surface area contributed by atoms with Gasteiger partial charge < -0.3 is 30.2 Å². The molecule has 51 heavy (non-hydrogen) atoms. The fourth-order valence-electron chi connectivity index (χ4n) is 5.15. The minimum Gasteiger partial charge on any atom is -0.506 e. The number of phenols is 1. The van der Waals surface area contributed by atoms with Crippen LogP contribution in [0, 0.1) is 11.8 Å². The van der Waals surface area contributed by atoms with E-state index in [1.54, 1.807) is 12.1 Å². The highest BCUT2D eigenvalue weighted by Crippen LogP contribution is 2.38. The number of carbonyl (C=O) groups is 4. The molecule has 0 saturated heterocycles. The fraction of sp³-hybridized carbons (Fsp3) is 0.353. The molecule has 9 nitrogen and oxygen atoms in total. The number of benzene rings is 3. The van der Waals surface area contributed by atoms with Crippen molar-refractivity contribution in [2.75, 3.05) is 25.1 Å². The van der Waals surface area contributed by atoms with Crippen molar-refractivity contribution in [1.29, 1.82) is 0 Å². The Morgan fingerprint density at radius 3 is 2.04 bits per heavy atom. The lowest BCUT2D eigenvalue weighted by Gasteiger charge is -2.36. The second kappa shape index (κ2) is 17.4. The van der Waals surface area contributed by atoms with Crippen molar-refractivity contribution in [3.8, 4) is 11.5 Å². The first-order valence-corrected chi connectivity index (χ1v) is 16.3. The minimum absolute atomic E-state index is 0.0318. The van der Waals surface area contributed by atoms with Crippen LogP contribution in [0.3, 0.4) is 0 Å². The second-order valence-electron chi connectivity index (χ2n) is 11.8. The molecular formula is C34H33Cl3F5N3O6. The fourth-order valence-corrected chi connectivity index (χ4v) is 5.88. The molecule has 276 valence electrons. The van der Waals surface area contributed by atoms with Crippen molar-refractivity contribution in [3.63, 3.8) is 0 Å². The van der Waals surface area contributed by atoms with Gasteiger partial charge in [-0.25, -0.2) is 0 Å². The zero-order valence-electron chi connectivity index (χ0n) is 27.2. The highest BCUT2D eigenvalue weighted by atomic mass is 35.5. The highest BCUT2D eigenvalue weighted by molar-refractivity contribution is 6.34. The number of nitrogens with one attached hydrogen (secondary N) is 2. The number of methoxy groups -OCH3 is 1. The molecule has 0 saturated carbocycles. The van der Waals surface area contributed by atoms with Crippen molar-refractivity contribution in [2.24, 2.45) is 11.8 Å². The van der Waals surface area contributed by atoms with E-state index in [0.29, 0.717) is 17.6 Å². The van der Waals surface area contributed by atoms with E-state index in [1.807, 2.05) is 0 Å². The van der Waals surface area contributed by atoms with Gasteiger partial charge in [0.05, 0.1) is 18.8 Å². The van der Waals surface area contributed by atoms with Crippen molar-refractivity contribution in [1.82, 2.24) is 10.6 Å². The maximum absolute atomic E-state index is 15.0. The van der Waals surface area contributed by atoms with Gasteiger partial charge in [0, 0.05) is 33.6 Å². The molecule has 3 atom stereocenters. The number of aldehydes is 1. The molecule has 3 aromatic carbocycles. The van der Waals surface area contributed by atoms with Crippen LogP contribution in [0.1, 0.15) is 31.0 Å². The lowest BCUT2D eigenvalue weighted by Crippen LogP contribution is -2.58. The molecule has 0 fully saturated rings. The topological polar surface area (TPSA) is 125 Å². The third-order valence-corrected chi connectivity index (χ3v) is 8.24. The summed E-state index contributed by atoms with van der Waals surface area (Å²) in [5.74, 6) is -12.8. The number of rotatable bonds is 16. The Morgan fingerprint density at radius 2 is 1.53 bits per heavy atom. The van der Waals surface area contributed by atoms with Crippen LogP contribution in [0.2, 0.25) is 15.1 Å². The van der Waals surface area contributed by atoms with Gasteiger partial charge in [-0.1, -0.05) is 60.8 Å². The summed E-state index contributed by atoms with van der Waals surface area (Å²) in [4.78, 5) is 53.3. The molecule has 17 heteroatoms. The predicted molar refractivity (Wildman–Crippen MR) is 182 cm³/mol. The number of aromatic hydroxyl groups is 1. The average Bonchev–Trinajstić information content (AvgIpc) is 3.04. The summed E-state index contributed by atoms with van der Waals surface area (Å²) < 4.78 is 73.2. The van der Waals surface area contributed by atoms with E-state index in [0.717, 1.165) is 5.32 Å². The molecule has 0 aliphatic rings. The van der Waals surface area contributed by atoms with Crippen LogP contribution in [-0.2, 0) is 25.6 Å². The van der Waals surface area contributed by atoms with Crippen molar-refractivity contribution >= 4 is 64.4 Å². The molecule has 1 unspecified atom stereocenters. The number of ketones is 1. The Morgan fingerprint density at radius 1 is 0.922 bits per heavy atom. The van der Waals surface area contributed by atoms with Crippen LogP contribution in [0.25, 0.3) is 0 Å². The average molecular weight is 781 g/mol. The summed E-state index contributed by atoms with van der Waals surface area (Å²) in [5, 5.41) is 15.0. The van der Waals surface area contributed by atoms with Crippen LogP contribution >= 0.6 is 34.8 Å². The summed E-state index contributed by atoms with van der Waals surface area (Å²) in [7, 11) is 1.39. The number of phenolic OH excluding ortho intramolecular Hbond substituents is 1. The Labute approximate surface area is 305 Å². The van der Waals surface area contributed by atoms with E-state index in [4.69, 9.17) is 39.5 Å². The quantitative estimate of drug-likeness (QED) is 0.0814. The summed E-state index contributed by atoms with van der Waals surface area (Å²) >= 11 is 18.4. The molecule has 0 aliphatic heterocycles. The van der Waals surface area contributed by atoms with Crippen molar-refractivity contribution in [3.05, 3.63) is 86.9 Å². The van der Waals surface area contributed by atoms with E-state index in [1.165, 1.54) is 74.4 Å². The monoisotopic (exact) mass is 779 g/mol. The van der Waals surface area contributed by atoms with E-state index >= 15 is 8.78 Å². The van der Waals surface area contributed by atoms with Gasteiger partial charge >= 0.3 is 12.1 Å². The Bertz CT molecular complexity index is 1710.